The van der Waals surface area contributed by atoms with Gasteiger partial charge in [-0.15, -0.1) is 21.5 Å². The van der Waals surface area contributed by atoms with E-state index in [1.807, 2.05) is 0 Å². The zero-order valence-corrected chi connectivity index (χ0v) is 12.2. The lowest BCUT2D eigenvalue weighted by atomic mass is 10.1. The molecule has 1 rings (SSSR count). The predicted molar refractivity (Wildman–Crippen MR) is 71.3 cm³/mol. The van der Waals surface area contributed by atoms with E-state index in [1.54, 1.807) is 18.4 Å². The van der Waals surface area contributed by atoms with Crippen molar-refractivity contribution in [2.24, 2.45) is 0 Å². The van der Waals surface area contributed by atoms with E-state index < -0.39 is 0 Å². The molecule has 0 aliphatic rings. The summed E-state index contributed by atoms with van der Waals surface area (Å²) in [7, 11) is 1.74. The predicted octanol–water partition coefficient (Wildman–Crippen LogP) is 2.39. The summed E-state index contributed by atoms with van der Waals surface area (Å²) >= 11 is 1.69. The van der Waals surface area contributed by atoms with Crippen molar-refractivity contribution >= 4 is 11.3 Å². The molecule has 1 aromatic rings. The SMILES string of the molecule is COC(C)CCc1nnc(CNC(C)(C)C)s1. The van der Waals surface area contributed by atoms with Gasteiger partial charge in [0.2, 0.25) is 0 Å². The van der Waals surface area contributed by atoms with Crippen LogP contribution in [0, 0.1) is 0 Å². The molecule has 1 unspecified atom stereocenters. The molecule has 0 fully saturated rings. The van der Waals surface area contributed by atoms with Gasteiger partial charge in [-0.05, 0) is 34.1 Å². The van der Waals surface area contributed by atoms with Gasteiger partial charge in [0.15, 0.2) is 0 Å². The van der Waals surface area contributed by atoms with Gasteiger partial charge in [0, 0.05) is 19.1 Å². The molecule has 1 N–H and O–H groups in total. The molecule has 0 aromatic carbocycles. The molecule has 17 heavy (non-hydrogen) atoms. The van der Waals surface area contributed by atoms with Crippen molar-refractivity contribution in [3.8, 4) is 0 Å². The van der Waals surface area contributed by atoms with E-state index in [0.717, 1.165) is 29.4 Å². The fraction of sp³-hybridized carbons (Fsp3) is 0.833. The first-order valence-electron chi connectivity index (χ1n) is 6.00. The first-order chi connectivity index (χ1) is 7.90. The highest BCUT2D eigenvalue weighted by Gasteiger charge is 2.11. The lowest BCUT2D eigenvalue weighted by molar-refractivity contribution is 0.111. The lowest BCUT2D eigenvalue weighted by Gasteiger charge is -2.19. The van der Waals surface area contributed by atoms with Crippen molar-refractivity contribution in [1.82, 2.24) is 15.5 Å². The van der Waals surface area contributed by atoms with Crippen LogP contribution in [0.2, 0.25) is 0 Å². The van der Waals surface area contributed by atoms with Crippen LogP contribution in [-0.2, 0) is 17.7 Å². The molecule has 98 valence electrons. The van der Waals surface area contributed by atoms with E-state index in [-0.39, 0.29) is 11.6 Å². The average Bonchev–Trinajstić information content (AvgIpc) is 2.70. The fourth-order valence-corrected chi connectivity index (χ4v) is 2.05. The molecule has 4 nitrogen and oxygen atoms in total. The molecule has 1 heterocycles. The van der Waals surface area contributed by atoms with Crippen molar-refractivity contribution in [3.63, 3.8) is 0 Å². The Labute approximate surface area is 108 Å². The van der Waals surface area contributed by atoms with Crippen molar-refractivity contribution in [3.05, 3.63) is 10.0 Å². The topological polar surface area (TPSA) is 47.0 Å². The number of methoxy groups -OCH3 is 1. The van der Waals surface area contributed by atoms with Crippen LogP contribution in [0.4, 0.5) is 0 Å². The number of aromatic nitrogens is 2. The zero-order valence-electron chi connectivity index (χ0n) is 11.4. The standard InChI is InChI=1S/C12H23N3OS/c1-9(16-5)6-7-10-14-15-11(17-10)8-13-12(2,3)4/h9,13H,6-8H2,1-5H3. The smallest absolute Gasteiger partial charge is 0.131 e. The maximum absolute atomic E-state index is 5.21. The second kappa shape index (κ2) is 6.42. The monoisotopic (exact) mass is 257 g/mol. The number of ether oxygens (including phenoxy) is 1. The summed E-state index contributed by atoms with van der Waals surface area (Å²) in [5.74, 6) is 0. The van der Waals surface area contributed by atoms with Crippen molar-refractivity contribution < 1.29 is 4.74 Å². The highest BCUT2D eigenvalue weighted by atomic mass is 32.1. The van der Waals surface area contributed by atoms with Crippen LogP contribution >= 0.6 is 11.3 Å². The van der Waals surface area contributed by atoms with Gasteiger partial charge in [-0.25, -0.2) is 0 Å². The number of nitrogens with zero attached hydrogens (tertiary/aromatic N) is 2. The largest absolute Gasteiger partial charge is 0.382 e. The second-order valence-corrected chi connectivity index (χ2v) is 6.42. The quantitative estimate of drug-likeness (QED) is 0.850. The summed E-state index contributed by atoms with van der Waals surface area (Å²) in [5, 5.41) is 13.9. The van der Waals surface area contributed by atoms with E-state index in [0.29, 0.717) is 0 Å². The third kappa shape index (κ3) is 6.10. The molecule has 1 atom stereocenters. The highest BCUT2D eigenvalue weighted by molar-refractivity contribution is 7.11. The minimum absolute atomic E-state index is 0.121. The summed E-state index contributed by atoms with van der Waals surface area (Å²) in [6, 6.07) is 0. The minimum atomic E-state index is 0.121. The Morgan fingerprint density at radius 2 is 1.94 bits per heavy atom. The summed E-state index contributed by atoms with van der Waals surface area (Å²) < 4.78 is 5.21. The van der Waals surface area contributed by atoms with Crippen molar-refractivity contribution in [1.29, 1.82) is 0 Å². The van der Waals surface area contributed by atoms with Crippen LogP contribution < -0.4 is 5.32 Å². The molecule has 0 saturated heterocycles. The summed E-state index contributed by atoms with van der Waals surface area (Å²) in [5.41, 5.74) is 0.121. The third-order valence-corrected chi connectivity index (χ3v) is 3.43. The number of rotatable bonds is 6. The van der Waals surface area contributed by atoms with E-state index in [9.17, 15) is 0 Å². The number of hydrogen-bond donors (Lipinski definition) is 1. The Bertz CT molecular complexity index is 333. The van der Waals surface area contributed by atoms with E-state index in [1.165, 1.54) is 0 Å². The normalized spacial score (nSPS) is 13.9. The third-order valence-electron chi connectivity index (χ3n) is 2.45. The van der Waals surface area contributed by atoms with Gasteiger partial charge in [-0.3, -0.25) is 0 Å². The van der Waals surface area contributed by atoms with Gasteiger partial charge in [-0.1, -0.05) is 0 Å². The minimum Gasteiger partial charge on any atom is -0.382 e. The molecule has 0 aliphatic carbocycles. The summed E-state index contributed by atoms with van der Waals surface area (Å²) in [6.45, 7) is 9.31. The molecule has 0 spiro atoms. The van der Waals surface area contributed by atoms with E-state index in [4.69, 9.17) is 4.74 Å². The highest BCUT2D eigenvalue weighted by Crippen LogP contribution is 2.14. The fourth-order valence-electron chi connectivity index (χ4n) is 1.25. The second-order valence-electron chi connectivity index (χ2n) is 5.28. The Morgan fingerprint density at radius 3 is 2.53 bits per heavy atom. The van der Waals surface area contributed by atoms with Gasteiger partial charge in [0.05, 0.1) is 12.6 Å². The average molecular weight is 257 g/mol. The number of aryl methyl sites for hydroxylation is 1. The van der Waals surface area contributed by atoms with Crippen LogP contribution in [0.1, 0.15) is 44.1 Å². The summed E-state index contributed by atoms with van der Waals surface area (Å²) in [6.07, 6.45) is 2.23. The maximum atomic E-state index is 5.21. The molecule has 0 amide bonds. The van der Waals surface area contributed by atoms with Gasteiger partial charge in [0.1, 0.15) is 10.0 Å². The molecule has 0 aliphatic heterocycles. The van der Waals surface area contributed by atoms with Crippen LogP contribution in [0.3, 0.4) is 0 Å². The first-order valence-corrected chi connectivity index (χ1v) is 6.81. The zero-order chi connectivity index (χ0) is 12.9. The van der Waals surface area contributed by atoms with Crippen LogP contribution in [0.15, 0.2) is 0 Å². The first kappa shape index (κ1) is 14.5. The molecule has 1 aromatic heterocycles. The molecular formula is C12H23N3OS. The molecule has 0 saturated carbocycles. The van der Waals surface area contributed by atoms with Crippen LogP contribution in [-0.4, -0.2) is 29.0 Å². The Hall–Kier alpha value is -0.520. The summed E-state index contributed by atoms with van der Waals surface area (Å²) in [4.78, 5) is 0. The van der Waals surface area contributed by atoms with Crippen molar-refractivity contribution in [2.45, 2.75) is 58.7 Å². The Balaban J connectivity index is 2.37. The Morgan fingerprint density at radius 1 is 1.29 bits per heavy atom. The molecular weight excluding hydrogens is 234 g/mol. The van der Waals surface area contributed by atoms with E-state index >= 15 is 0 Å². The van der Waals surface area contributed by atoms with Gasteiger partial charge < -0.3 is 10.1 Å². The molecule has 0 radical (unpaired) electrons. The van der Waals surface area contributed by atoms with Gasteiger partial charge >= 0.3 is 0 Å². The number of nitrogens with one attached hydrogen (secondary N) is 1. The molecule has 5 heteroatoms. The molecule has 0 bridgehead atoms. The number of hydrogen-bond acceptors (Lipinski definition) is 5. The van der Waals surface area contributed by atoms with Crippen molar-refractivity contribution in [2.75, 3.05) is 7.11 Å². The maximum Gasteiger partial charge on any atom is 0.131 e. The van der Waals surface area contributed by atoms with Gasteiger partial charge in [0.25, 0.3) is 0 Å². The Kier molecular flexibility index (Phi) is 5.49. The lowest BCUT2D eigenvalue weighted by Crippen LogP contribution is -2.35. The van der Waals surface area contributed by atoms with Crippen LogP contribution in [0.25, 0.3) is 0 Å². The van der Waals surface area contributed by atoms with Gasteiger partial charge in [-0.2, -0.15) is 0 Å². The van der Waals surface area contributed by atoms with E-state index in [2.05, 4.69) is 43.2 Å². The van der Waals surface area contributed by atoms with Crippen LogP contribution in [0.5, 0.6) is 0 Å².